The first-order chi connectivity index (χ1) is 10.2. The third-order valence-corrected chi connectivity index (χ3v) is 2.92. The summed E-state index contributed by atoms with van der Waals surface area (Å²) in [6.45, 7) is 3.87. The lowest BCUT2D eigenvalue weighted by molar-refractivity contribution is 0.576. The number of halogens is 2. The Bertz CT molecular complexity index is 557. The van der Waals surface area contributed by atoms with Crippen LogP contribution in [0.25, 0.3) is 0 Å². The van der Waals surface area contributed by atoms with E-state index in [9.17, 15) is 8.78 Å². The minimum absolute atomic E-state index is 0.0700. The van der Waals surface area contributed by atoms with E-state index < -0.39 is 11.6 Å². The first-order valence-corrected chi connectivity index (χ1v) is 7.00. The molecule has 0 saturated carbocycles. The van der Waals surface area contributed by atoms with Crippen LogP contribution in [-0.2, 0) is 6.54 Å². The monoisotopic (exact) mass is 295 g/mol. The van der Waals surface area contributed by atoms with Gasteiger partial charge in [0.05, 0.1) is 6.33 Å². The van der Waals surface area contributed by atoms with Gasteiger partial charge in [-0.15, -0.1) is 0 Å². The molecule has 0 atom stereocenters. The summed E-state index contributed by atoms with van der Waals surface area (Å²) in [6.07, 6.45) is 6.92. The molecule has 0 fully saturated rings. The van der Waals surface area contributed by atoms with Gasteiger partial charge >= 0.3 is 0 Å². The predicted octanol–water partition coefficient (Wildman–Crippen LogP) is 2.88. The van der Waals surface area contributed by atoms with Crippen molar-refractivity contribution >= 4 is 11.6 Å². The molecule has 2 aromatic heterocycles. The fourth-order valence-corrected chi connectivity index (χ4v) is 1.85. The molecule has 0 amide bonds. The Morgan fingerprint density at radius 1 is 1.14 bits per heavy atom. The summed E-state index contributed by atoms with van der Waals surface area (Å²) in [7, 11) is 0. The zero-order valence-corrected chi connectivity index (χ0v) is 11.9. The number of rotatable bonds is 8. The molecule has 0 aliphatic carbocycles. The van der Waals surface area contributed by atoms with Crippen LogP contribution >= 0.6 is 0 Å². The molecule has 0 bridgehead atoms. The lowest BCUT2D eigenvalue weighted by atomic mass is 10.3. The van der Waals surface area contributed by atoms with Gasteiger partial charge in [-0.3, -0.25) is 0 Å². The summed E-state index contributed by atoms with van der Waals surface area (Å²) in [5.41, 5.74) is 0. The summed E-state index contributed by atoms with van der Waals surface area (Å²) in [4.78, 5) is 7.90. The van der Waals surface area contributed by atoms with E-state index in [1.165, 1.54) is 0 Å². The zero-order valence-electron chi connectivity index (χ0n) is 11.9. The Labute approximate surface area is 122 Å². The third-order valence-electron chi connectivity index (χ3n) is 2.92. The highest BCUT2D eigenvalue weighted by molar-refractivity contribution is 5.47. The number of aromatic nitrogens is 3. The average Bonchev–Trinajstić information content (AvgIpc) is 2.97. The van der Waals surface area contributed by atoms with Gasteiger partial charge in [-0.25, -0.2) is 18.7 Å². The van der Waals surface area contributed by atoms with Gasteiger partial charge in [0.25, 0.3) is 0 Å². The van der Waals surface area contributed by atoms with Crippen molar-refractivity contribution in [3.05, 3.63) is 36.4 Å². The van der Waals surface area contributed by atoms with Crippen LogP contribution in [0.2, 0.25) is 0 Å². The molecular weight excluding hydrogens is 276 g/mol. The lowest BCUT2D eigenvalue weighted by Gasteiger charge is -2.11. The molecule has 5 nitrogen and oxygen atoms in total. The molecule has 7 heteroatoms. The number of aryl methyl sites for hydroxylation is 1. The zero-order chi connectivity index (χ0) is 15.1. The van der Waals surface area contributed by atoms with Crippen LogP contribution in [-0.4, -0.2) is 27.6 Å². The highest BCUT2D eigenvalue weighted by atomic mass is 19.1. The summed E-state index contributed by atoms with van der Waals surface area (Å²) in [5, 5.41) is 5.73. The van der Waals surface area contributed by atoms with Crippen LogP contribution in [0.5, 0.6) is 0 Å². The number of nitrogens with one attached hydrogen (secondary N) is 2. The summed E-state index contributed by atoms with van der Waals surface area (Å²) < 4.78 is 29.1. The largest absolute Gasteiger partial charge is 0.368 e. The van der Waals surface area contributed by atoms with Crippen molar-refractivity contribution in [2.45, 2.75) is 26.3 Å². The fourth-order valence-electron chi connectivity index (χ4n) is 1.85. The van der Waals surface area contributed by atoms with Crippen molar-refractivity contribution in [1.82, 2.24) is 14.5 Å². The first-order valence-electron chi connectivity index (χ1n) is 7.00. The average molecular weight is 295 g/mol. The van der Waals surface area contributed by atoms with E-state index in [1.807, 2.05) is 17.7 Å². The second kappa shape index (κ2) is 7.56. The predicted molar refractivity (Wildman–Crippen MR) is 78.3 cm³/mol. The van der Waals surface area contributed by atoms with Crippen LogP contribution in [0.3, 0.4) is 0 Å². The number of imidazole rings is 1. The van der Waals surface area contributed by atoms with E-state index in [2.05, 4.69) is 20.6 Å². The van der Waals surface area contributed by atoms with Crippen molar-refractivity contribution in [1.29, 1.82) is 0 Å². The van der Waals surface area contributed by atoms with Gasteiger partial charge in [0.15, 0.2) is 23.3 Å². The van der Waals surface area contributed by atoms with Gasteiger partial charge in [0.1, 0.15) is 0 Å². The molecule has 0 saturated heterocycles. The molecule has 0 unspecified atom stereocenters. The molecule has 0 aromatic carbocycles. The van der Waals surface area contributed by atoms with Crippen LogP contribution in [0.1, 0.15) is 19.8 Å². The summed E-state index contributed by atoms with van der Waals surface area (Å²) in [5.74, 6) is -1.21. The maximum Gasteiger partial charge on any atom is 0.168 e. The highest BCUT2D eigenvalue weighted by Crippen LogP contribution is 2.19. The van der Waals surface area contributed by atoms with E-state index in [1.54, 1.807) is 12.5 Å². The number of hydrogen-bond donors (Lipinski definition) is 2. The van der Waals surface area contributed by atoms with E-state index in [0.717, 1.165) is 25.5 Å². The first kappa shape index (κ1) is 15.2. The normalized spacial score (nSPS) is 10.6. The number of nitrogens with zero attached hydrogens (tertiary/aromatic N) is 3. The van der Waals surface area contributed by atoms with E-state index in [-0.39, 0.29) is 11.6 Å². The van der Waals surface area contributed by atoms with E-state index >= 15 is 0 Å². The minimum Gasteiger partial charge on any atom is -0.368 e. The van der Waals surface area contributed by atoms with Gasteiger partial charge in [-0.2, -0.15) is 0 Å². The summed E-state index contributed by atoms with van der Waals surface area (Å²) in [6, 6.07) is 0.850. The van der Waals surface area contributed by atoms with Crippen molar-refractivity contribution < 1.29 is 8.78 Å². The Kier molecular flexibility index (Phi) is 5.48. The molecule has 0 aliphatic rings. The molecule has 21 heavy (non-hydrogen) atoms. The quantitative estimate of drug-likeness (QED) is 0.735. The van der Waals surface area contributed by atoms with Gasteiger partial charge in [0, 0.05) is 38.1 Å². The van der Waals surface area contributed by atoms with E-state index in [0.29, 0.717) is 13.1 Å². The maximum absolute atomic E-state index is 13.6. The van der Waals surface area contributed by atoms with E-state index in [4.69, 9.17) is 0 Å². The second-order valence-electron chi connectivity index (χ2n) is 4.66. The Morgan fingerprint density at radius 2 is 1.86 bits per heavy atom. The van der Waals surface area contributed by atoms with Crippen LogP contribution in [0, 0.1) is 11.6 Å². The van der Waals surface area contributed by atoms with Crippen molar-refractivity contribution in [2.24, 2.45) is 0 Å². The molecule has 2 heterocycles. The second-order valence-corrected chi connectivity index (χ2v) is 4.66. The Hall–Kier alpha value is -2.18. The molecule has 0 aliphatic heterocycles. The highest BCUT2D eigenvalue weighted by Gasteiger charge is 2.11. The van der Waals surface area contributed by atoms with Crippen molar-refractivity contribution in [2.75, 3.05) is 23.7 Å². The van der Waals surface area contributed by atoms with Crippen LogP contribution < -0.4 is 10.6 Å². The van der Waals surface area contributed by atoms with Crippen LogP contribution in [0.4, 0.5) is 20.4 Å². The van der Waals surface area contributed by atoms with Crippen molar-refractivity contribution in [3.8, 4) is 0 Å². The molecule has 2 N–H and O–H groups in total. The SMILES string of the molecule is CCCNc1nc(NCCCn2ccnc2)c(F)cc1F. The molecular formula is C14H19F2N5. The lowest BCUT2D eigenvalue weighted by Crippen LogP contribution is -2.11. The van der Waals surface area contributed by atoms with Gasteiger partial charge < -0.3 is 15.2 Å². The third kappa shape index (κ3) is 4.40. The van der Waals surface area contributed by atoms with Gasteiger partial charge in [-0.05, 0) is 12.8 Å². The Balaban J connectivity index is 1.89. The summed E-state index contributed by atoms with van der Waals surface area (Å²) >= 11 is 0. The maximum atomic E-state index is 13.6. The standard InChI is InChI=1S/C14H19F2N5/c1-2-4-18-13-11(15)9-12(16)14(20-13)19-5-3-7-21-8-6-17-10-21/h6,8-10H,2-5,7H2,1H3,(H2,18,19,20). The van der Waals surface area contributed by atoms with Crippen molar-refractivity contribution in [3.63, 3.8) is 0 Å². The molecule has 2 rings (SSSR count). The fraction of sp³-hybridized carbons (Fsp3) is 0.429. The molecule has 114 valence electrons. The number of pyridine rings is 1. The van der Waals surface area contributed by atoms with Gasteiger partial charge in [-0.1, -0.05) is 6.92 Å². The molecule has 0 spiro atoms. The smallest absolute Gasteiger partial charge is 0.168 e. The number of anilines is 2. The topological polar surface area (TPSA) is 54.8 Å². The molecule has 0 radical (unpaired) electrons. The minimum atomic E-state index is -0.683. The van der Waals surface area contributed by atoms with Gasteiger partial charge in [0.2, 0.25) is 0 Å². The van der Waals surface area contributed by atoms with Crippen LogP contribution in [0.15, 0.2) is 24.8 Å². The molecule has 2 aromatic rings. The Morgan fingerprint density at radius 3 is 2.48 bits per heavy atom. The number of hydrogen-bond acceptors (Lipinski definition) is 4.